The molecule has 0 spiro atoms. The first-order valence-electron chi connectivity index (χ1n) is 17.5. The summed E-state index contributed by atoms with van der Waals surface area (Å²) < 4.78 is 6.52. The molecule has 0 aromatic heterocycles. The Bertz CT molecular complexity index is 686. The van der Waals surface area contributed by atoms with Crippen LogP contribution in [0.25, 0.3) is 0 Å². The Morgan fingerprint density at radius 1 is 0.513 bits per heavy atom. The Morgan fingerprint density at radius 3 is 1.10 bits per heavy atom. The van der Waals surface area contributed by atoms with E-state index in [1.807, 2.05) is 0 Å². The van der Waals surface area contributed by atoms with Crippen molar-refractivity contribution in [3.8, 4) is 12.1 Å². The third kappa shape index (κ3) is 8.96. The summed E-state index contributed by atoms with van der Waals surface area (Å²) >= 11 is 0. The van der Waals surface area contributed by atoms with Crippen molar-refractivity contribution in [2.75, 3.05) is 13.2 Å². The van der Waals surface area contributed by atoms with E-state index in [0.29, 0.717) is 11.8 Å². The van der Waals surface area contributed by atoms with Crippen LogP contribution >= 0.6 is 0 Å². The molecule has 0 saturated heterocycles. The molecule has 39 heavy (non-hydrogen) atoms. The van der Waals surface area contributed by atoms with Crippen molar-refractivity contribution >= 4 is 0 Å². The highest BCUT2D eigenvalue weighted by Gasteiger charge is 2.36. The fourth-order valence-corrected chi connectivity index (χ4v) is 9.66. The first-order valence-corrected chi connectivity index (χ1v) is 17.5. The van der Waals surface area contributed by atoms with Gasteiger partial charge in [-0.05, 0) is 137 Å². The Morgan fingerprint density at radius 2 is 0.821 bits per heavy atom. The van der Waals surface area contributed by atoms with Crippen molar-refractivity contribution in [1.82, 2.24) is 0 Å². The molecule has 0 radical (unpaired) electrons. The molecule has 2 atom stereocenters. The third-order valence-corrected chi connectivity index (χ3v) is 12.5. The van der Waals surface area contributed by atoms with Crippen LogP contribution in [0.4, 0.5) is 0 Å². The van der Waals surface area contributed by atoms with Crippen LogP contribution in [-0.4, -0.2) is 13.2 Å². The van der Waals surface area contributed by atoms with Gasteiger partial charge >= 0.3 is 0 Å². The zero-order chi connectivity index (χ0) is 27.5. The summed E-state index contributed by atoms with van der Waals surface area (Å²) in [6.07, 6.45) is 26.2. The first-order chi connectivity index (χ1) is 19.1. The second-order valence-corrected chi connectivity index (χ2v) is 14.4. The normalized spacial score (nSPS) is 37.3. The van der Waals surface area contributed by atoms with Crippen LogP contribution in [0, 0.1) is 81.8 Å². The molecule has 4 aliphatic rings. The van der Waals surface area contributed by atoms with Gasteiger partial charge in [0.25, 0.3) is 0 Å². The average molecular weight is 537 g/mol. The zero-order valence-electron chi connectivity index (χ0n) is 25.6. The van der Waals surface area contributed by atoms with E-state index < -0.39 is 0 Å². The molecule has 0 bridgehead atoms. The van der Waals surface area contributed by atoms with Gasteiger partial charge in [0.1, 0.15) is 0 Å². The van der Waals surface area contributed by atoms with Gasteiger partial charge in [-0.15, -0.1) is 0 Å². The quantitative estimate of drug-likeness (QED) is 0.233. The number of nitriles is 2. The molecule has 0 aromatic rings. The van der Waals surface area contributed by atoms with Crippen LogP contribution in [0.3, 0.4) is 0 Å². The summed E-state index contributed by atoms with van der Waals surface area (Å²) in [6, 6.07) is 5.10. The van der Waals surface area contributed by atoms with E-state index in [2.05, 4.69) is 26.0 Å². The van der Waals surface area contributed by atoms with Gasteiger partial charge in [0, 0.05) is 25.0 Å². The van der Waals surface area contributed by atoms with Crippen molar-refractivity contribution in [3.05, 3.63) is 0 Å². The lowest BCUT2D eigenvalue weighted by Crippen LogP contribution is -2.32. The highest BCUT2D eigenvalue weighted by Crippen LogP contribution is 2.46. The Hall–Kier alpha value is -1.06. The minimum atomic E-state index is 0.307. The van der Waals surface area contributed by atoms with Crippen LogP contribution < -0.4 is 0 Å². The average Bonchev–Trinajstić information content (AvgIpc) is 3.01. The maximum atomic E-state index is 9.42. The first kappa shape index (κ1) is 30.9. The van der Waals surface area contributed by atoms with E-state index >= 15 is 0 Å². The van der Waals surface area contributed by atoms with Crippen LogP contribution in [0.5, 0.6) is 0 Å². The summed E-state index contributed by atoms with van der Waals surface area (Å²) in [7, 11) is 0. The van der Waals surface area contributed by atoms with E-state index in [1.54, 1.807) is 0 Å². The summed E-state index contributed by atoms with van der Waals surface area (Å²) in [5, 5.41) is 18.8. The van der Waals surface area contributed by atoms with E-state index in [0.717, 1.165) is 86.2 Å². The molecule has 4 aliphatic carbocycles. The van der Waals surface area contributed by atoms with E-state index in [4.69, 9.17) is 4.74 Å². The maximum absolute atomic E-state index is 9.42. The molecular formula is C36H60N2O. The highest BCUT2D eigenvalue weighted by molar-refractivity contribution is 4.92. The standard InChI is InChI=1S/C36H60N2O/c1-3-27-5-13-31(14-6-27)35(33-17-9-29(25-37)10-18-33)21-23-39-24-22-36(32-15-7-28(4-2)8-16-32)34-19-11-30(26-38)12-20-34/h27-36H,3-24H2,1-2H3. The lowest BCUT2D eigenvalue weighted by Gasteiger charge is -2.41. The minimum Gasteiger partial charge on any atom is -0.381 e. The molecule has 0 N–H and O–H groups in total. The number of hydrogen-bond donors (Lipinski definition) is 0. The van der Waals surface area contributed by atoms with Crippen molar-refractivity contribution < 1.29 is 4.74 Å². The molecule has 3 nitrogen and oxygen atoms in total. The Labute approximate surface area is 241 Å². The van der Waals surface area contributed by atoms with Crippen molar-refractivity contribution in [2.45, 2.75) is 142 Å². The van der Waals surface area contributed by atoms with E-state index in [-0.39, 0.29) is 0 Å². The van der Waals surface area contributed by atoms with Gasteiger partial charge < -0.3 is 4.74 Å². The van der Waals surface area contributed by atoms with Gasteiger partial charge in [-0.25, -0.2) is 0 Å². The molecule has 3 heteroatoms. The molecule has 0 heterocycles. The SMILES string of the molecule is CCC1CCC(C(CCOCCC(C2CCC(C#N)CC2)C2CCC(CC)CC2)C2CCC(C#N)CC2)CC1. The minimum absolute atomic E-state index is 0.307. The van der Waals surface area contributed by atoms with Crippen LogP contribution in [-0.2, 0) is 4.74 Å². The van der Waals surface area contributed by atoms with Crippen molar-refractivity contribution in [2.24, 2.45) is 59.2 Å². The number of nitrogens with zero attached hydrogens (tertiary/aromatic N) is 2. The second kappa shape index (κ2) is 16.4. The topological polar surface area (TPSA) is 56.8 Å². The molecule has 2 unspecified atom stereocenters. The molecular weight excluding hydrogens is 476 g/mol. The van der Waals surface area contributed by atoms with E-state index in [1.165, 1.54) is 103 Å². The number of hydrogen-bond acceptors (Lipinski definition) is 3. The molecule has 0 aromatic carbocycles. The predicted molar refractivity (Wildman–Crippen MR) is 161 cm³/mol. The van der Waals surface area contributed by atoms with Gasteiger partial charge in [-0.3, -0.25) is 0 Å². The molecule has 4 saturated carbocycles. The predicted octanol–water partition coefficient (Wildman–Crippen LogP) is 10.1. The van der Waals surface area contributed by atoms with Crippen LogP contribution in [0.15, 0.2) is 0 Å². The zero-order valence-corrected chi connectivity index (χ0v) is 25.6. The van der Waals surface area contributed by atoms with Crippen LogP contribution in [0.1, 0.15) is 142 Å². The molecule has 220 valence electrons. The molecule has 4 rings (SSSR count). The lowest BCUT2D eigenvalue weighted by atomic mass is 9.65. The number of rotatable bonds is 12. The molecule has 0 amide bonds. The van der Waals surface area contributed by atoms with Crippen molar-refractivity contribution in [3.63, 3.8) is 0 Å². The molecule has 0 aliphatic heterocycles. The second-order valence-electron chi connectivity index (χ2n) is 14.4. The van der Waals surface area contributed by atoms with Gasteiger partial charge in [0.15, 0.2) is 0 Å². The fourth-order valence-electron chi connectivity index (χ4n) is 9.66. The largest absolute Gasteiger partial charge is 0.381 e. The van der Waals surface area contributed by atoms with Gasteiger partial charge in [0.2, 0.25) is 0 Å². The Kier molecular flexibility index (Phi) is 13.0. The van der Waals surface area contributed by atoms with E-state index in [9.17, 15) is 10.5 Å². The van der Waals surface area contributed by atoms with Gasteiger partial charge in [0.05, 0.1) is 12.1 Å². The summed E-state index contributed by atoms with van der Waals surface area (Å²) in [5.74, 6) is 7.56. The number of ether oxygens (including phenoxy) is 1. The maximum Gasteiger partial charge on any atom is 0.0655 e. The van der Waals surface area contributed by atoms with Gasteiger partial charge in [-0.2, -0.15) is 10.5 Å². The van der Waals surface area contributed by atoms with Crippen LogP contribution in [0.2, 0.25) is 0 Å². The summed E-state index contributed by atoms with van der Waals surface area (Å²) in [5.41, 5.74) is 0. The fraction of sp³-hybridized carbons (Fsp3) is 0.944. The smallest absolute Gasteiger partial charge is 0.0655 e. The van der Waals surface area contributed by atoms with Crippen molar-refractivity contribution in [1.29, 1.82) is 10.5 Å². The Balaban J connectivity index is 1.28. The monoisotopic (exact) mass is 536 g/mol. The lowest BCUT2D eigenvalue weighted by molar-refractivity contribution is 0.0400. The highest BCUT2D eigenvalue weighted by atomic mass is 16.5. The summed E-state index contributed by atoms with van der Waals surface area (Å²) in [6.45, 7) is 6.62. The van der Waals surface area contributed by atoms with Gasteiger partial charge in [-0.1, -0.05) is 52.4 Å². The molecule has 4 fully saturated rings. The third-order valence-electron chi connectivity index (χ3n) is 12.5. The summed E-state index contributed by atoms with van der Waals surface area (Å²) in [4.78, 5) is 0.